The molecule has 2 aromatic carbocycles. The molecule has 0 bridgehead atoms. The summed E-state index contributed by atoms with van der Waals surface area (Å²) in [6.07, 6.45) is 0. The molecule has 0 fully saturated rings. The Bertz CT molecular complexity index is 455. The second kappa shape index (κ2) is 2.91. The van der Waals surface area contributed by atoms with Crippen molar-refractivity contribution in [2.24, 2.45) is 0 Å². The van der Waals surface area contributed by atoms with Crippen LogP contribution in [0.3, 0.4) is 0 Å². The first-order valence-electron chi connectivity index (χ1n) is 4.51. The summed E-state index contributed by atoms with van der Waals surface area (Å²) in [4.78, 5) is 0. The molecule has 0 spiro atoms. The van der Waals surface area contributed by atoms with Crippen LogP contribution in [0.4, 0.5) is 0 Å². The Kier molecular flexibility index (Phi) is 1.84. The van der Waals surface area contributed by atoms with Crippen LogP contribution in [0.25, 0.3) is 10.8 Å². The first-order chi connectivity index (χ1) is 6.59. The topological polar surface area (TPSA) is 40.5 Å². The molecule has 0 aliphatic rings. The lowest BCUT2D eigenvalue weighted by Crippen LogP contribution is -1.82. The van der Waals surface area contributed by atoms with Crippen molar-refractivity contribution in [2.75, 3.05) is 0 Å². The molecule has 2 aromatic rings. The Balaban J connectivity index is 2.94. The molecule has 72 valence electrons. The summed E-state index contributed by atoms with van der Waals surface area (Å²) in [7, 11) is 0. The Morgan fingerprint density at radius 3 is 1.50 bits per heavy atom. The van der Waals surface area contributed by atoms with Gasteiger partial charge in [0.1, 0.15) is 0 Å². The fraction of sp³-hybridized carbons (Fsp3) is 0.167. The normalized spacial score (nSPS) is 10.7. The monoisotopic (exact) mass is 188 g/mol. The van der Waals surface area contributed by atoms with Gasteiger partial charge < -0.3 is 10.2 Å². The van der Waals surface area contributed by atoms with Gasteiger partial charge in [-0.05, 0) is 47.9 Å². The lowest BCUT2D eigenvalue weighted by molar-refractivity contribution is 0.405. The van der Waals surface area contributed by atoms with Gasteiger partial charge in [-0.15, -0.1) is 0 Å². The fourth-order valence-corrected chi connectivity index (χ4v) is 1.66. The van der Waals surface area contributed by atoms with Crippen LogP contribution in [0.1, 0.15) is 11.1 Å². The number of phenolic OH excluding ortho intramolecular Hbond substituents is 2. The standard InChI is InChI=1S/C12H12O2/c1-7-3-4-8(2)10-6-12(14)11(13)5-9(7)10/h3-6,13-14H,1-2H3. The molecule has 0 saturated heterocycles. The highest BCUT2D eigenvalue weighted by Crippen LogP contribution is 2.33. The van der Waals surface area contributed by atoms with Crippen molar-refractivity contribution < 1.29 is 10.2 Å². The van der Waals surface area contributed by atoms with Crippen LogP contribution in [0, 0.1) is 13.8 Å². The molecule has 0 aliphatic carbocycles. The molecule has 2 N–H and O–H groups in total. The van der Waals surface area contributed by atoms with Gasteiger partial charge in [0, 0.05) is 0 Å². The summed E-state index contributed by atoms with van der Waals surface area (Å²) in [5.41, 5.74) is 2.20. The van der Waals surface area contributed by atoms with Gasteiger partial charge in [-0.25, -0.2) is 0 Å². The molecular formula is C12H12O2. The molecular weight excluding hydrogens is 176 g/mol. The largest absolute Gasteiger partial charge is 0.504 e. The summed E-state index contributed by atoms with van der Waals surface area (Å²) in [6.45, 7) is 3.97. The van der Waals surface area contributed by atoms with Crippen LogP contribution in [-0.4, -0.2) is 10.2 Å². The Morgan fingerprint density at radius 2 is 1.14 bits per heavy atom. The zero-order valence-corrected chi connectivity index (χ0v) is 8.20. The van der Waals surface area contributed by atoms with Gasteiger partial charge >= 0.3 is 0 Å². The van der Waals surface area contributed by atoms with E-state index in [4.69, 9.17) is 0 Å². The third-order valence-electron chi connectivity index (χ3n) is 2.55. The predicted molar refractivity (Wildman–Crippen MR) is 56.8 cm³/mol. The van der Waals surface area contributed by atoms with E-state index in [0.717, 1.165) is 21.9 Å². The van der Waals surface area contributed by atoms with Crippen molar-refractivity contribution in [1.82, 2.24) is 0 Å². The molecule has 0 amide bonds. The first-order valence-corrected chi connectivity index (χ1v) is 4.51. The number of benzene rings is 2. The fourth-order valence-electron chi connectivity index (χ4n) is 1.66. The van der Waals surface area contributed by atoms with Gasteiger partial charge in [0.05, 0.1) is 0 Å². The minimum absolute atomic E-state index is 0.0637. The number of fused-ring (bicyclic) bond motifs is 1. The van der Waals surface area contributed by atoms with Crippen LogP contribution in [0.2, 0.25) is 0 Å². The van der Waals surface area contributed by atoms with E-state index in [1.54, 1.807) is 12.1 Å². The predicted octanol–water partition coefficient (Wildman–Crippen LogP) is 2.87. The number of aromatic hydroxyl groups is 2. The van der Waals surface area contributed by atoms with Gasteiger partial charge in [0.15, 0.2) is 11.5 Å². The summed E-state index contributed by atoms with van der Waals surface area (Å²) in [6, 6.07) is 7.22. The molecule has 0 radical (unpaired) electrons. The maximum atomic E-state index is 9.38. The number of rotatable bonds is 0. The van der Waals surface area contributed by atoms with Gasteiger partial charge in [0.25, 0.3) is 0 Å². The average Bonchev–Trinajstić information content (AvgIpc) is 2.15. The minimum atomic E-state index is -0.0637. The first kappa shape index (κ1) is 8.88. The van der Waals surface area contributed by atoms with Crippen molar-refractivity contribution >= 4 is 10.8 Å². The number of hydrogen-bond donors (Lipinski definition) is 2. The molecule has 2 heteroatoms. The number of hydrogen-bond acceptors (Lipinski definition) is 2. The quantitative estimate of drug-likeness (QED) is 0.624. The van der Waals surface area contributed by atoms with Crippen molar-refractivity contribution in [3.63, 3.8) is 0 Å². The Hall–Kier alpha value is -1.70. The van der Waals surface area contributed by atoms with Crippen LogP contribution in [0.15, 0.2) is 24.3 Å². The van der Waals surface area contributed by atoms with Crippen LogP contribution < -0.4 is 0 Å². The molecule has 0 aromatic heterocycles. The third kappa shape index (κ3) is 1.20. The van der Waals surface area contributed by atoms with Crippen LogP contribution >= 0.6 is 0 Å². The zero-order chi connectivity index (χ0) is 10.3. The van der Waals surface area contributed by atoms with E-state index in [0.29, 0.717) is 0 Å². The lowest BCUT2D eigenvalue weighted by atomic mass is 10.0. The van der Waals surface area contributed by atoms with E-state index in [1.807, 2.05) is 26.0 Å². The van der Waals surface area contributed by atoms with Gasteiger partial charge in [0.2, 0.25) is 0 Å². The maximum absolute atomic E-state index is 9.38. The lowest BCUT2D eigenvalue weighted by Gasteiger charge is -2.07. The van der Waals surface area contributed by atoms with Gasteiger partial charge in [-0.2, -0.15) is 0 Å². The Morgan fingerprint density at radius 1 is 0.786 bits per heavy atom. The minimum Gasteiger partial charge on any atom is -0.504 e. The maximum Gasteiger partial charge on any atom is 0.158 e. The molecule has 0 atom stereocenters. The summed E-state index contributed by atoms with van der Waals surface area (Å²) in [5, 5.41) is 20.7. The molecule has 0 unspecified atom stereocenters. The van der Waals surface area contributed by atoms with Gasteiger partial charge in [-0.3, -0.25) is 0 Å². The van der Waals surface area contributed by atoms with E-state index in [2.05, 4.69) is 0 Å². The highest BCUT2D eigenvalue weighted by molar-refractivity contribution is 5.91. The third-order valence-corrected chi connectivity index (χ3v) is 2.55. The molecule has 14 heavy (non-hydrogen) atoms. The summed E-state index contributed by atoms with van der Waals surface area (Å²) in [5.74, 6) is -0.127. The second-order valence-electron chi connectivity index (χ2n) is 3.59. The van der Waals surface area contributed by atoms with E-state index in [1.165, 1.54) is 0 Å². The van der Waals surface area contributed by atoms with Crippen LogP contribution in [-0.2, 0) is 0 Å². The summed E-state index contributed by atoms with van der Waals surface area (Å²) >= 11 is 0. The highest BCUT2D eigenvalue weighted by atomic mass is 16.3. The van der Waals surface area contributed by atoms with E-state index in [-0.39, 0.29) is 11.5 Å². The average molecular weight is 188 g/mol. The van der Waals surface area contributed by atoms with Crippen molar-refractivity contribution in [1.29, 1.82) is 0 Å². The molecule has 0 heterocycles. The number of aryl methyl sites for hydroxylation is 2. The SMILES string of the molecule is Cc1ccc(C)c2cc(O)c(O)cc12. The second-order valence-corrected chi connectivity index (χ2v) is 3.59. The van der Waals surface area contributed by atoms with Crippen molar-refractivity contribution in [3.8, 4) is 11.5 Å². The highest BCUT2D eigenvalue weighted by Gasteiger charge is 2.05. The number of phenols is 2. The van der Waals surface area contributed by atoms with E-state index < -0.39 is 0 Å². The molecule has 0 aliphatic heterocycles. The molecule has 2 nitrogen and oxygen atoms in total. The Labute approximate surface area is 82.4 Å². The van der Waals surface area contributed by atoms with Gasteiger partial charge in [-0.1, -0.05) is 12.1 Å². The van der Waals surface area contributed by atoms with Crippen molar-refractivity contribution in [2.45, 2.75) is 13.8 Å². The molecule has 0 saturated carbocycles. The van der Waals surface area contributed by atoms with Crippen molar-refractivity contribution in [3.05, 3.63) is 35.4 Å². The van der Waals surface area contributed by atoms with Crippen LogP contribution in [0.5, 0.6) is 11.5 Å². The van der Waals surface area contributed by atoms with E-state index in [9.17, 15) is 10.2 Å². The molecule has 2 rings (SSSR count). The van der Waals surface area contributed by atoms with E-state index >= 15 is 0 Å². The smallest absolute Gasteiger partial charge is 0.158 e. The summed E-state index contributed by atoms with van der Waals surface area (Å²) < 4.78 is 0. The zero-order valence-electron chi connectivity index (χ0n) is 8.20.